The highest BCUT2D eigenvalue weighted by Gasteiger charge is 2.24. The molecule has 0 aromatic carbocycles. The molecular formula is C11H15N3O2S. The van der Waals surface area contributed by atoms with Crippen LogP contribution in [0.15, 0.2) is 12.1 Å². The highest BCUT2D eigenvalue weighted by Crippen LogP contribution is 2.29. The van der Waals surface area contributed by atoms with Crippen molar-refractivity contribution in [1.82, 2.24) is 10.2 Å². The third kappa shape index (κ3) is 3.09. The van der Waals surface area contributed by atoms with Crippen molar-refractivity contribution in [3.63, 3.8) is 0 Å². The van der Waals surface area contributed by atoms with E-state index in [1.54, 1.807) is 6.07 Å². The average molecular weight is 253 g/mol. The van der Waals surface area contributed by atoms with Gasteiger partial charge in [0.1, 0.15) is 5.82 Å². The third-order valence-corrected chi connectivity index (χ3v) is 4.05. The molecular weight excluding hydrogens is 238 g/mol. The number of carbonyl (C=O) groups is 1. The lowest BCUT2D eigenvalue weighted by atomic mass is 10.2. The summed E-state index contributed by atoms with van der Waals surface area (Å²) in [5, 5.41) is 20.2. The Morgan fingerprint density at radius 2 is 2.29 bits per heavy atom. The molecule has 1 saturated carbocycles. The molecule has 0 spiro atoms. The van der Waals surface area contributed by atoms with Gasteiger partial charge in [0.05, 0.1) is 0 Å². The lowest BCUT2D eigenvalue weighted by Crippen LogP contribution is -2.17. The summed E-state index contributed by atoms with van der Waals surface area (Å²) in [6.45, 7) is 0. The lowest BCUT2D eigenvalue weighted by molar-refractivity contribution is 0.0689. The van der Waals surface area contributed by atoms with Gasteiger partial charge in [0.15, 0.2) is 5.69 Å². The molecule has 0 amide bonds. The average Bonchev–Trinajstić information content (AvgIpc) is 2.77. The predicted octanol–water partition coefficient (Wildman–Crippen LogP) is 1.87. The molecule has 0 saturated heterocycles. The maximum Gasteiger partial charge on any atom is 0.356 e. The Balaban J connectivity index is 1.93. The third-order valence-electron chi connectivity index (χ3n) is 2.95. The van der Waals surface area contributed by atoms with Crippen LogP contribution in [0.4, 0.5) is 5.82 Å². The van der Waals surface area contributed by atoms with Crippen LogP contribution in [0.1, 0.15) is 29.8 Å². The van der Waals surface area contributed by atoms with E-state index in [0.29, 0.717) is 11.9 Å². The summed E-state index contributed by atoms with van der Waals surface area (Å²) in [6, 6.07) is 3.57. The topological polar surface area (TPSA) is 75.1 Å². The zero-order chi connectivity index (χ0) is 12.3. The van der Waals surface area contributed by atoms with Crippen LogP contribution in [0.2, 0.25) is 0 Å². The minimum atomic E-state index is -1.05. The van der Waals surface area contributed by atoms with Crippen LogP contribution in [0.3, 0.4) is 0 Å². The standard InChI is InChI=1S/C11H15N3O2S/c1-17-8-3-2-7(6-8)12-10-5-4-9(11(15)16)13-14-10/h4-5,7-8H,2-3,6H2,1H3,(H,12,14)(H,15,16). The number of hydrogen-bond acceptors (Lipinski definition) is 5. The Labute approximate surface area is 104 Å². The number of hydrogen-bond donors (Lipinski definition) is 2. The zero-order valence-electron chi connectivity index (χ0n) is 9.59. The molecule has 0 bridgehead atoms. The van der Waals surface area contributed by atoms with Gasteiger partial charge in [-0.3, -0.25) is 0 Å². The van der Waals surface area contributed by atoms with Crippen molar-refractivity contribution in [2.75, 3.05) is 11.6 Å². The number of rotatable bonds is 4. The Morgan fingerprint density at radius 3 is 2.82 bits per heavy atom. The molecule has 1 fully saturated rings. The Hall–Kier alpha value is -1.30. The molecule has 1 aliphatic carbocycles. The molecule has 17 heavy (non-hydrogen) atoms. The monoisotopic (exact) mass is 253 g/mol. The Morgan fingerprint density at radius 1 is 1.47 bits per heavy atom. The predicted molar refractivity (Wildman–Crippen MR) is 67.6 cm³/mol. The molecule has 0 radical (unpaired) electrons. The molecule has 1 aromatic heterocycles. The van der Waals surface area contributed by atoms with E-state index in [9.17, 15) is 4.79 Å². The molecule has 2 atom stereocenters. The van der Waals surface area contributed by atoms with E-state index in [2.05, 4.69) is 21.8 Å². The van der Waals surface area contributed by atoms with Crippen LogP contribution >= 0.6 is 11.8 Å². The van der Waals surface area contributed by atoms with Gasteiger partial charge in [-0.1, -0.05) is 0 Å². The molecule has 2 rings (SSSR count). The van der Waals surface area contributed by atoms with E-state index in [-0.39, 0.29) is 5.69 Å². The number of thioether (sulfide) groups is 1. The Bertz CT molecular complexity index is 396. The molecule has 2 N–H and O–H groups in total. The fraction of sp³-hybridized carbons (Fsp3) is 0.545. The first kappa shape index (κ1) is 12.2. The van der Waals surface area contributed by atoms with Crippen molar-refractivity contribution in [2.24, 2.45) is 0 Å². The normalized spacial score (nSPS) is 23.6. The minimum Gasteiger partial charge on any atom is -0.476 e. The van der Waals surface area contributed by atoms with Crippen LogP contribution in [0, 0.1) is 0 Å². The van der Waals surface area contributed by atoms with Crippen LogP contribution in [-0.4, -0.2) is 38.8 Å². The van der Waals surface area contributed by atoms with Crippen LogP contribution in [-0.2, 0) is 0 Å². The highest BCUT2D eigenvalue weighted by molar-refractivity contribution is 7.99. The summed E-state index contributed by atoms with van der Waals surface area (Å²) in [6.07, 6.45) is 5.62. The highest BCUT2D eigenvalue weighted by atomic mass is 32.2. The molecule has 0 aliphatic heterocycles. The maximum atomic E-state index is 10.6. The van der Waals surface area contributed by atoms with Gasteiger partial charge >= 0.3 is 5.97 Å². The maximum absolute atomic E-state index is 10.6. The summed E-state index contributed by atoms with van der Waals surface area (Å²) < 4.78 is 0. The van der Waals surface area contributed by atoms with Gasteiger partial charge in [-0.05, 0) is 37.7 Å². The lowest BCUT2D eigenvalue weighted by Gasteiger charge is -2.12. The number of carboxylic acid groups (broad SMARTS) is 1. The first-order valence-electron chi connectivity index (χ1n) is 5.55. The fourth-order valence-electron chi connectivity index (χ4n) is 2.02. The molecule has 1 heterocycles. The zero-order valence-corrected chi connectivity index (χ0v) is 10.4. The van der Waals surface area contributed by atoms with E-state index in [0.717, 1.165) is 18.1 Å². The van der Waals surface area contributed by atoms with Crippen LogP contribution in [0.25, 0.3) is 0 Å². The number of nitrogens with zero attached hydrogens (tertiary/aromatic N) is 2. The van der Waals surface area contributed by atoms with Crippen molar-refractivity contribution in [3.8, 4) is 0 Å². The second-order valence-corrected chi connectivity index (χ2v) is 5.26. The van der Waals surface area contributed by atoms with Crippen LogP contribution < -0.4 is 5.32 Å². The van der Waals surface area contributed by atoms with E-state index in [4.69, 9.17) is 5.11 Å². The summed E-state index contributed by atoms with van der Waals surface area (Å²) in [7, 11) is 0. The van der Waals surface area contributed by atoms with Crippen molar-refractivity contribution < 1.29 is 9.90 Å². The molecule has 1 aromatic rings. The summed E-state index contributed by atoms with van der Waals surface area (Å²) in [4.78, 5) is 10.6. The van der Waals surface area contributed by atoms with Crippen molar-refractivity contribution in [1.29, 1.82) is 0 Å². The first-order chi connectivity index (χ1) is 8.19. The van der Waals surface area contributed by atoms with E-state index < -0.39 is 5.97 Å². The largest absolute Gasteiger partial charge is 0.476 e. The second kappa shape index (κ2) is 5.35. The smallest absolute Gasteiger partial charge is 0.356 e. The van der Waals surface area contributed by atoms with Crippen molar-refractivity contribution >= 4 is 23.5 Å². The van der Waals surface area contributed by atoms with Gasteiger partial charge in [-0.2, -0.15) is 11.8 Å². The molecule has 5 nitrogen and oxygen atoms in total. The minimum absolute atomic E-state index is 0.0241. The van der Waals surface area contributed by atoms with Gasteiger partial charge in [-0.25, -0.2) is 4.79 Å². The quantitative estimate of drug-likeness (QED) is 0.853. The van der Waals surface area contributed by atoms with Gasteiger partial charge in [0.25, 0.3) is 0 Å². The van der Waals surface area contributed by atoms with E-state index in [1.807, 2.05) is 11.8 Å². The molecule has 2 unspecified atom stereocenters. The van der Waals surface area contributed by atoms with Crippen LogP contribution in [0.5, 0.6) is 0 Å². The number of carboxylic acids is 1. The van der Waals surface area contributed by atoms with E-state index in [1.165, 1.54) is 12.5 Å². The molecule has 6 heteroatoms. The number of aromatic carboxylic acids is 1. The van der Waals surface area contributed by atoms with Gasteiger partial charge in [0.2, 0.25) is 0 Å². The summed E-state index contributed by atoms with van der Waals surface area (Å²) in [5.74, 6) is -0.394. The SMILES string of the molecule is CSC1CCC(Nc2ccc(C(=O)O)nn2)C1. The van der Waals surface area contributed by atoms with Gasteiger partial charge in [0, 0.05) is 11.3 Å². The van der Waals surface area contributed by atoms with Gasteiger partial charge in [-0.15, -0.1) is 10.2 Å². The second-order valence-electron chi connectivity index (χ2n) is 4.12. The fourth-order valence-corrected chi connectivity index (χ4v) is 2.81. The van der Waals surface area contributed by atoms with Gasteiger partial charge < -0.3 is 10.4 Å². The molecule has 1 aliphatic rings. The van der Waals surface area contributed by atoms with Crippen molar-refractivity contribution in [2.45, 2.75) is 30.6 Å². The van der Waals surface area contributed by atoms with E-state index >= 15 is 0 Å². The number of nitrogens with one attached hydrogen (secondary N) is 1. The molecule has 92 valence electrons. The van der Waals surface area contributed by atoms with Crippen molar-refractivity contribution in [3.05, 3.63) is 17.8 Å². The number of aromatic nitrogens is 2. The summed E-state index contributed by atoms with van der Waals surface area (Å²) in [5.41, 5.74) is -0.0241. The first-order valence-corrected chi connectivity index (χ1v) is 6.84. The summed E-state index contributed by atoms with van der Waals surface area (Å²) >= 11 is 1.90. The Kier molecular flexibility index (Phi) is 3.83. The number of anilines is 1.